The van der Waals surface area contributed by atoms with Crippen molar-refractivity contribution < 1.29 is 27.1 Å². The molecule has 0 spiro atoms. The van der Waals surface area contributed by atoms with E-state index in [1.165, 1.54) is 19.2 Å². The SMILES string of the molecule is COC(c1ccccc1)c1nnc(CCC(=O)NCc2cccc(C(F)(F)F)c2)o1. The summed E-state index contributed by atoms with van der Waals surface area (Å²) in [5.41, 5.74) is 0.469. The Labute approximate surface area is 171 Å². The third-order valence-electron chi connectivity index (χ3n) is 4.35. The van der Waals surface area contributed by atoms with E-state index in [4.69, 9.17) is 9.15 Å². The van der Waals surface area contributed by atoms with Crippen molar-refractivity contribution >= 4 is 5.91 Å². The van der Waals surface area contributed by atoms with Gasteiger partial charge in [0.2, 0.25) is 17.7 Å². The Balaban J connectivity index is 1.52. The average Bonchev–Trinajstić information content (AvgIpc) is 3.20. The molecule has 3 rings (SSSR count). The van der Waals surface area contributed by atoms with Gasteiger partial charge in [0.25, 0.3) is 0 Å². The van der Waals surface area contributed by atoms with Gasteiger partial charge in [0.1, 0.15) is 0 Å². The van der Waals surface area contributed by atoms with Crippen LogP contribution in [0, 0.1) is 0 Å². The molecule has 0 fully saturated rings. The molecule has 6 nitrogen and oxygen atoms in total. The number of methoxy groups -OCH3 is 1. The molecule has 2 aromatic carbocycles. The largest absolute Gasteiger partial charge is 0.422 e. The molecule has 0 aliphatic heterocycles. The summed E-state index contributed by atoms with van der Waals surface area (Å²) in [5.74, 6) is 0.221. The number of aryl methyl sites for hydroxylation is 1. The molecule has 1 atom stereocenters. The number of carbonyl (C=O) groups is 1. The summed E-state index contributed by atoms with van der Waals surface area (Å²) in [6, 6.07) is 14.2. The molecule has 1 amide bonds. The number of benzene rings is 2. The van der Waals surface area contributed by atoms with Crippen molar-refractivity contribution in [3.05, 3.63) is 83.1 Å². The van der Waals surface area contributed by atoms with Gasteiger partial charge in [-0.2, -0.15) is 13.2 Å². The highest BCUT2D eigenvalue weighted by atomic mass is 19.4. The summed E-state index contributed by atoms with van der Waals surface area (Å²) in [7, 11) is 1.53. The highest BCUT2D eigenvalue weighted by Gasteiger charge is 2.30. The minimum Gasteiger partial charge on any atom is -0.422 e. The number of nitrogens with one attached hydrogen (secondary N) is 1. The molecule has 30 heavy (non-hydrogen) atoms. The second kappa shape index (κ2) is 9.53. The number of aromatic nitrogens is 2. The molecule has 3 aromatic rings. The van der Waals surface area contributed by atoms with Crippen LogP contribution in [-0.2, 0) is 28.7 Å². The van der Waals surface area contributed by atoms with Gasteiger partial charge in [-0.15, -0.1) is 10.2 Å². The second-order valence-corrected chi connectivity index (χ2v) is 6.54. The number of amides is 1. The van der Waals surface area contributed by atoms with Crippen LogP contribution < -0.4 is 5.32 Å². The monoisotopic (exact) mass is 419 g/mol. The van der Waals surface area contributed by atoms with Crippen LogP contribution in [0.25, 0.3) is 0 Å². The first-order valence-corrected chi connectivity index (χ1v) is 9.19. The minimum absolute atomic E-state index is 0.00239. The van der Waals surface area contributed by atoms with E-state index >= 15 is 0 Å². The van der Waals surface area contributed by atoms with Crippen LogP contribution in [0.3, 0.4) is 0 Å². The van der Waals surface area contributed by atoms with Crippen LogP contribution >= 0.6 is 0 Å². The van der Waals surface area contributed by atoms with Crippen LogP contribution in [0.5, 0.6) is 0 Å². The lowest BCUT2D eigenvalue weighted by atomic mass is 10.1. The van der Waals surface area contributed by atoms with Gasteiger partial charge in [0.05, 0.1) is 5.56 Å². The zero-order valence-corrected chi connectivity index (χ0v) is 16.1. The van der Waals surface area contributed by atoms with Crippen molar-refractivity contribution in [2.24, 2.45) is 0 Å². The molecule has 0 saturated heterocycles. The molecule has 1 N–H and O–H groups in total. The van der Waals surface area contributed by atoms with Gasteiger partial charge in [-0.05, 0) is 23.3 Å². The minimum atomic E-state index is -4.42. The van der Waals surface area contributed by atoms with Gasteiger partial charge in [0.15, 0.2) is 6.10 Å². The molecule has 1 heterocycles. The van der Waals surface area contributed by atoms with E-state index in [9.17, 15) is 18.0 Å². The topological polar surface area (TPSA) is 77.2 Å². The molecule has 0 aliphatic rings. The van der Waals surface area contributed by atoms with E-state index in [0.717, 1.165) is 17.7 Å². The number of ether oxygens (including phenoxy) is 1. The van der Waals surface area contributed by atoms with Gasteiger partial charge < -0.3 is 14.5 Å². The number of nitrogens with zero attached hydrogens (tertiary/aromatic N) is 2. The summed E-state index contributed by atoms with van der Waals surface area (Å²) >= 11 is 0. The Bertz CT molecular complexity index is 974. The first kappa shape index (κ1) is 21.5. The molecular weight excluding hydrogens is 399 g/mol. The molecule has 1 aromatic heterocycles. The maximum Gasteiger partial charge on any atom is 0.416 e. The lowest BCUT2D eigenvalue weighted by molar-refractivity contribution is -0.137. The fourth-order valence-electron chi connectivity index (χ4n) is 2.85. The maximum atomic E-state index is 12.7. The molecular formula is C21H20F3N3O3. The predicted molar refractivity (Wildman–Crippen MR) is 101 cm³/mol. The smallest absolute Gasteiger partial charge is 0.416 e. The third kappa shape index (κ3) is 5.66. The zero-order chi connectivity index (χ0) is 21.6. The summed E-state index contributed by atoms with van der Waals surface area (Å²) in [4.78, 5) is 12.0. The highest BCUT2D eigenvalue weighted by Crippen LogP contribution is 2.29. The number of hydrogen-bond acceptors (Lipinski definition) is 5. The maximum absolute atomic E-state index is 12.7. The summed E-state index contributed by atoms with van der Waals surface area (Å²) in [6.45, 7) is -0.00239. The van der Waals surface area contributed by atoms with Crippen LogP contribution in [0.15, 0.2) is 59.0 Å². The molecule has 0 aliphatic carbocycles. The zero-order valence-electron chi connectivity index (χ0n) is 16.1. The van der Waals surface area contributed by atoms with Gasteiger partial charge in [0, 0.05) is 26.5 Å². The highest BCUT2D eigenvalue weighted by molar-refractivity contribution is 5.76. The van der Waals surface area contributed by atoms with Gasteiger partial charge in [-0.3, -0.25) is 4.79 Å². The molecule has 9 heteroatoms. The van der Waals surface area contributed by atoms with E-state index < -0.39 is 17.8 Å². The first-order valence-electron chi connectivity index (χ1n) is 9.19. The first-order chi connectivity index (χ1) is 14.4. The third-order valence-corrected chi connectivity index (χ3v) is 4.35. The fourth-order valence-corrected chi connectivity index (χ4v) is 2.85. The van der Waals surface area contributed by atoms with E-state index in [2.05, 4.69) is 15.5 Å². The van der Waals surface area contributed by atoms with Crippen molar-refractivity contribution in [1.29, 1.82) is 0 Å². The quantitative estimate of drug-likeness (QED) is 0.596. The van der Waals surface area contributed by atoms with Crippen molar-refractivity contribution in [2.75, 3.05) is 7.11 Å². The summed E-state index contributed by atoms with van der Waals surface area (Å²) < 4.78 is 49.3. The molecule has 1 unspecified atom stereocenters. The van der Waals surface area contributed by atoms with Gasteiger partial charge >= 0.3 is 6.18 Å². The van der Waals surface area contributed by atoms with E-state index in [0.29, 0.717) is 5.56 Å². The predicted octanol–water partition coefficient (Wildman–Crippen LogP) is 4.07. The van der Waals surface area contributed by atoms with E-state index in [1.807, 2.05) is 30.3 Å². The molecule has 0 radical (unpaired) electrons. The average molecular weight is 419 g/mol. The van der Waals surface area contributed by atoms with Crippen molar-refractivity contribution in [1.82, 2.24) is 15.5 Å². The van der Waals surface area contributed by atoms with Crippen LogP contribution in [0.4, 0.5) is 13.2 Å². The van der Waals surface area contributed by atoms with Crippen LogP contribution in [-0.4, -0.2) is 23.2 Å². The Morgan fingerprint density at radius 3 is 2.60 bits per heavy atom. The van der Waals surface area contributed by atoms with Crippen molar-refractivity contribution in [3.8, 4) is 0 Å². The van der Waals surface area contributed by atoms with E-state index in [1.54, 1.807) is 0 Å². The summed E-state index contributed by atoms with van der Waals surface area (Å²) in [5, 5.41) is 10.5. The number of halogens is 3. The second-order valence-electron chi connectivity index (χ2n) is 6.54. The normalized spacial score (nSPS) is 12.5. The molecule has 0 saturated carbocycles. The Morgan fingerprint density at radius 2 is 1.90 bits per heavy atom. The van der Waals surface area contributed by atoms with Gasteiger partial charge in [-0.1, -0.05) is 42.5 Å². The van der Waals surface area contributed by atoms with Crippen molar-refractivity contribution in [2.45, 2.75) is 31.7 Å². The summed E-state index contributed by atoms with van der Waals surface area (Å²) in [6.07, 6.45) is -4.67. The number of alkyl halides is 3. The number of hydrogen-bond donors (Lipinski definition) is 1. The number of carbonyl (C=O) groups excluding carboxylic acids is 1. The van der Waals surface area contributed by atoms with Crippen LogP contribution in [0.2, 0.25) is 0 Å². The molecule has 158 valence electrons. The Hall–Kier alpha value is -3.20. The van der Waals surface area contributed by atoms with Crippen LogP contribution in [0.1, 0.15) is 41.0 Å². The standard InChI is InChI=1S/C21H20F3N3O3/c1-29-19(15-7-3-2-4-8-15)20-27-26-18(30-20)11-10-17(28)25-13-14-6-5-9-16(12-14)21(22,23)24/h2-9,12,19H,10-11,13H2,1H3,(H,25,28). The van der Waals surface area contributed by atoms with Gasteiger partial charge in [-0.25, -0.2) is 0 Å². The fraction of sp³-hybridized carbons (Fsp3) is 0.286. The lowest BCUT2D eigenvalue weighted by Gasteiger charge is -2.10. The Morgan fingerprint density at radius 1 is 1.13 bits per heavy atom. The van der Waals surface area contributed by atoms with E-state index in [-0.39, 0.29) is 37.1 Å². The molecule has 0 bridgehead atoms. The lowest BCUT2D eigenvalue weighted by Crippen LogP contribution is -2.23. The van der Waals surface area contributed by atoms with Crippen molar-refractivity contribution in [3.63, 3.8) is 0 Å². The number of rotatable bonds is 8. The Kier molecular flexibility index (Phi) is 6.83.